The van der Waals surface area contributed by atoms with Gasteiger partial charge < -0.3 is 10.2 Å². The quantitative estimate of drug-likeness (QED) is 0.865. The summed E-state index contributed by atoms with van der Waals surface area (Å²) >= 11 is 3.46. The fraction of sp³-hybridized carbons (Fsp3) is 0.500. The van der Waals surface area contributed by atoms with Gasteiger partial charge in [-0.2, -0.15) is 0 Å². The number of halogens is 1. The van der Waals surface area contributed by atoms with Crippen LogP contribution in [0.25, 0.3) is 0 Å². The first-order valence-electron chi connectivity index (χ1n) is 5.17. The fourth-order valence-corrected chi connectivity index (χ4v) is 2.59. The van der Waals surface area contributed by atoms with Crippen molar-refractivity contribution in [3.05, 3.63) is 34.3 Å². The highest BCUT2D eigenvalue weighted by Crippen LogP contribution is 2.33. The Bertz CT molecular complexity index is 308. The standard InChI is InChI=1S/C12H17BrO2/c1-2-7-12(8-14,9-15)10-5-3-4-6-11(10)13/h3-6,14-15H,2,7-9H2,1H3. The van der Waals surface area contributed by atoms with Crippen LogP contribution in [0.15, 0.2) is 28.7 Å². The van der Waals surface area contributed by atoms with E-state index in [9.17, 15) is 10.2 Å². The van der Waals surface area contributed by atoms with Gasteiger partial charge in [-0.1, -0.05) is 47.5 Å². The molecule has 1 aromatic rings. The maximum Gasteiger partial charge on any atom is 0.0550 e. The Morgan fingerprint density at radius 3 is 2.27 bits per heavy atom. The highest BCUT2D eigenvalue weighted by Gasteiger charge is 2.31. The van der Waals surface area contributed by atoms with Crippen molar-refractivity contribution in [1.82, 2.24) is 0 Å². The molecule has 3 heteroatoms. The minimum atomic E-state index is -0.519. The van der Waals surface area contributed by atoms with E-state index in [0.717, 1.165) is 22.9 Å². The molecular formula is C12H17BrO2. The molecular weight excluding hydrogens is 256 g/mol. The van der Waals surface area contributed by atoms with Gasteiger partial charge in [-0.15, -0.1) is 0 Å². The zero-order valence-corrected chi connectivity index (χ0v) is 10.5. The van der Waals surface area contributed by atoms with E-state index in [0.29, 0.717) is 0 Å². The molecule has 0 aliphatic heterocycles. The molecule has 84 valence electrons. The Kier molecular flexibility index (Phi) is 4.77. The topological polar surface area (TPSA) is 40.5 Å². The maximum absolute atomic E-state index is 9.50. The molecule has 0 aliphatic rings. The molecule has 1 aromatic carbocycles. The summed E-state index contributed by atoms with van der Waals surface area (Å²) in [6.07, 6.45) is 1.71. The summed E-state index contributed by atoms with van der Waals surface area (Å²) in [7, 11) is 0. The van der Waals surface area contributed by atoms with Crippen molar-refractivity contribution in [3.63, 3.8) is 0 Å². The van der Waals surface area contributed by atoms with Crippen LogP contribution in [0.5, 0.6) is 0 Å². The first-order valence-corrected chi connectivity index (χ1v) is 5.96. The Balaban J connectivity index is 3.13. The summed E-state index contributed by atoms with van der Waals surface area (Å²) in [5, 5.41) is 19.0. The Morgan fingerprint density at radius 2 is 1.80 bits per heavy atom. The minimum Gasteiger partial charge on any atom is -0.395 e. The van der Waals surface area contributed by atoms with Crippen molar-refractivity contribution >= 4 is 15.9 Å². The molecule has 0 heterocycles. The van der Waals surface area contributed by atoms with Crippen LogP contribution < -0.4 is 0 Å². The molecule has 15 heavy (non-hydrogen) atoms. The second-order valence-electron chi connectivity index (χ2n) is 3.83. The predicted octanol–water partition coefficient (Wildman–Crippen LogP) is 2.47. The molecule has 0 amide bonds. The van der Waals surface area contributed by atoms with Crippen molar-refractivity contribution < 1.29 is 10.2 Å². The maximum atomic E-state index is 9.50. The Morgan fingerprint density at radius 1 is 1.20 bits per heavy atom. The van der Waals surface area contributed by atoms with E-state index in [2.05, 4.69) is 22.9 Å². The van der Waals surface area contributed by atoms with Gasteiger partial charge in [-0.05, 0) is 18.1 Å². The first-order chi connectivity index (χ1) is 7.20. The van der Waals surface area contributed by atoms with Gasteiger partial charge >= 0.3 is 0 Å². The number of benzene rings is 1. The van der Waals surface area contributed by atoms with Gasteiger partial charge in [0.1, 0.15) is 0 Å². The molecule has 1 rings (SSSR count). The van der Waals surface area contributed by atoms with E-state index in [1.807, 2.05) is 24.3 Å². The molecule has 0 radical (unpaired) electrons. The number of aliphatic hydroxyl groups excluding tert-OH is 2. The molecule has 0 aliphatic carbocycles. The fourth-order valence-electron chi connectivity index (χ4n) is 1.88. The van der Waals surface area contributed by atoms with Crippen LogP contribution in [-0.2, 0) is 5.41 Å². The Labute approximate surface area is 99.1 Å². The normalized spacial score (nSPS) is 11.7. The third-order valence-corrected chi connectivity index (χ3v) is 3.47. The second kappa shape index (κ2) is 5.64. The van der Waals surface area contributed by atoms with Crippen LogP contribution in [0.1, 0.15) is 25.3 Å². The SMILES string of the molecule is CCCC(CO)(CO)c1ccccc1Br. The molecule has 2 nitrogen and oxygen atoms in total. The van der Waals surface area contributed by atoms with Crippen LogP contribution in [0.4, 0.5) is 0 Å². The van der Waals surface area contributed by atoms with Crippen molar-refractivity contribution in [2.75, 3.05) is 13.2 Å². The van der Waals surface area contributed by atoms with Gasteiger partial charge in [-0.25, -0.2) is 0 Å². The van der Waals surface area contributed by atoms with Gasteiger partial charge in [-0.3, -0.25) is 0 Å². The van der Waals surface area contributed by atoms with Gasteiger partial charge in [0.15, 0.2) is 0 Å². The van der Waals surface area contributed by atoms with E-state index >= 15 is 0 Å². The van der Waals surface area contributed by atoms with Crippen molar-refractivity contribution in [1.29, 1.82) is 0 Å². The summed E-state index contributed by atoms with van der Waals surface area (Å²) < 4.78 is 0.946. The zero-order valence-electron chi connectivity index (χ0n) is 8.91. The van der Waals surface area contributed by atoms with Gasteiger partial charge in [0, 0.05) is 9.89 Å². The number of hydrogen-bond donors (Lipinski definition) is 2. The largest absolute Gasteiger partial charge is 0.395 e. The summed E-state index contributed by atoms with van der Waals surface area (Å²) in [6.45, 7) is 2.00. The lowest BCUT2D eigenvalue weighted by atomic mass is 9.78. The third-order valence-electron chi connectivity index (χ3n) is 2.78. The molecule has 0 unspecified atom stereocenters. The van der Waals surface area contributed by atoms with Crippen molar-refractivity contribution in [2.45, 2.75) is 25.2 Å². The number of rotatable bonds is 5. The molecule has 0 aromatic heterocycles. The molecule has 0 saturated heterocycles. The summed E-state index contributed by atoms with van der Waals surface area (Å²) in [6, 6.07) is 7.74. The monoisotopic (exact) mass is 272 g/mol. The third kappa shape index (κ3) is 2.60. The van der Waals surface area contributed by atoms with E-state index in [-0.39, 0.29) is 13.2 Å². The molecule has 2 N–H and O–H groups in total. The molecule has 0 saturated carbocycles. The lowest BCUT2D eigenvalue weighted by molar-refractivity contribution is 0.108. The smallest absolute Gasteiger partial charge is 0.0550 e. The average Bonchev–Trinajstić information content (AvgIpc) is 2.27. The number of hydrogen-bond acceptors (Lipinski definition) is 2. The lowest BCUT2D eigenvalue weighted by Crippen LogP contribution is -2.35. The average molecular weight is 273 g/mol. The minimum absolute atomic E-state index is 0.0278. The van der Waals surface area contributed by atoms with Gasteiger partial charge in [0.2, 0.25) is 0 Å². The predicted molar refractivity (Wildman–Crippen MR) is 64.9 cm³/mol. The highest BCUT2D eigenvalue weighted by molar-refractivity contribution is 9.10. The van der Waals surface area contributed by atoms with Crippen molar-refractivity contribution in [3.8, 4) is 0 Å². The lowest BCUT2D eigenvalue weighted by Gasteiger charge is -2.31. The van der Waals surface area contributed by atoms with Crippen LogP contribution in [0, 0.1) is 0 Å². The molecule has 0 bridgehead atoms. The van der Waals surface area contributed by atoms with Crippen molar-refractivity contribution in [2.24, 2.45) is 0 Å². The van der Waals surface area contributed by atoms with Crippen LogP contribution >= 0.6 is 15.9 Å². The Hall–Kier alpha value is -0.380. The van der Waals surface area contributed by atoms with E-state index in [1.165, 1.54) is 0 Å². The highest BCUT2D eigenvalue weighted by atomic mass is 79.9. The number of aliphatic hydroxyl groups is 2. The first kappa shape index (κ1) is 12.7. The zero-order chi connectivity index (χ0) is 11.3. The summed E-state index contributed by atoms with van der Waals surface area (Å²) in [5.41, 5.74) is 0.464. The van der Waals surface area contributed by atoms with E-state index in [1.54, 1.807) is 0 Å². The summed E-state index contributed by atoms with van der Waals surface area (Å²) in [5.74, 6) is 0. The molecule has 0 atom stereocenters. The summed E-state index contributed by atoms with van der Waals surface area (Å²) in [4.78, 5) is 0. The second-order valence-corrected chi connectivity index (χ2v) is 4.68. The molecule has 0 fully saturated rings. The van der Waals surface area contributed by atoms with Crippen LogP contribution in [0.3, 0.4) is 0 Å². The molecule has 0 spiro atoms. The van der Waals surface area contributed by atoms with E-state index in [4.69, 9.17) is 0 Å². The van der Waals surface area contributed by atoms with E-state index < -0.39 is 5.41 Å². The van der Waals surface area contributed by atoms with Crippen LogP contribution in [-0.4, -0.2) is 23.4 Å². The van der Waals surface area contributed by atoms with Crippen LogP contribution in [0.2, 0.25) is 0 Å². The van der Waals surface area contributed by atoms with Gasteiger partial charge in [0.25, 0.3) is 0 Å². The van der Waals surface area contributed by atoms with Gasteiger partial charge in [0.05, 0.1) is 13.2 Å².